The van der Waals surface area contributed by atoms with Crippen molar-refractivity contribution in [3.63, 3.8) is 0 Å². The van der Waals surface area contributed by atoms with Crippen LogP contribution in [0.15, 0.2) is 24.3 Å². The Bertz CT molecular complexity index is 365. The van der Waals surface area contributed by atoms with Gasteiger partial charge in [0.25, 0.3) is 5.69 Å². The molecular formula is C13H20N2O3. The first kappa shape index (κ1) is 14.6. The van der Waals surface area contributed by atoms with Crippen molar-refractivity contribution >= 4 is 5.69 Å². The number of non-ortho nitro benzene ring substituents is 1. The van der Waals surface area contributed by atoms with Gasteiger partial charge < -0.3 is 10.1 Å². The number of hydrogen-bond donors (Lipinski definition) is 1. The zero-order valence-corrected chi connectivity index (χ0v) is 10.9. The van der Waals surface area contributed by atoms with Crippen LogP contribution in [0.5, 0.6) is 0 Å². The minimum Gasteiger partial charge on any atom is -0.385 e. The van der Waals surface area contributed by atoms with Crippen molar-refractivity contribution in [1.29, 1.82) is 0 Å². The molecule has 1 aromatic rings. The molecule has 5 heteroatoms. The SMILES string of the molecule is COCCCCNC(C)c1ccc([N+](=O)[O-])cc1. The van der Waals surface area contributed by atoms with E-state index in [2.05, 4.69) is 12.2 Å². The van der Waals surface area contributed by atoms with Crippen molar-refractivity contribution in [3.8, 4) is 0 Å². The summed E-state index contributed by atoms with van der Waals surface area (Å²) >= 11 is 0. The van der Waals surface area contributed by atoms with Crippen LogP contribution in [0.4, 0.5) is 5.69 Å². The summed E-state index contributed by atoms with van der Waals surface area (Å²) in [6.07, 6.45) is 2.10. The molecule has 1 N–H and O–H groups in total. The van der Waals surface area contributed by atoms with E-state index in [1.807, 2.05) is 0 Å². The van der Waals surface area contributed by atoms with E-state index in [1.54, 1.807) is 31.4 Å². The van der Waals surface area contributed by atoms with Crippen LogP contribution in [-0.2, 0) is 4.74 Å². The van der Waals surface area contributed by atoms with E-state index in [1.165, 1.54) is 0 Å². The number of rotatable bonds is 8. The van der Waals surface area contributed by atoms with E-state index in [0.29, 0.717) is 0 Å². The monoisotopic (exact) mass is 252 g/mol. The molecule has 0 radical (unpaired) electrons. The van der Waals surface area contributed by atoms with E-state index < -0.39 is 0 Å². The maximum atomic E-state index is 10.5. The molecule has 0 spiro atoms. The minimum absolute atomic E-state index is 0.131. The summed E-state index contributed by atoms with van der Waals surface area (Å²) in [5.74, 6) is 0. The number of nitrogens with zero attached hydrogens (tertiary/aromatic N) is 1. The third kappa shape index (κ3) is 4.81. The van der Waals surface area contributed by atoms with Crippen LogP contribution in [-0.4, -0.2) is 25.2 Å². The molecule has 1 rings (SSSR count). The number of ether oxygens (including phenoxy) is 1. The van der Waals surface area contributed by atoms with Crippen LogP contribution < -0.4 is 5.32 Å². The fourth-order valence-corrected chi connectivity index (χ4v) is 1.69. The first-order valence-electron chi connectivity index (χ1n) is 6.12. The van der Waals surface area contributed by atoms with Gasteiger partial charge in [-0.2, -0.15) is 0 Å². The van der Waals surface area contributed by atoms with Crippen molar-refractivity contribution in [2.75, 3.05) is 20.3 Å². The van der Waals surface area contributed by atoms with Crippen LogP contribution in [0.25, 0.3) is 0 Å². The van der Waals surface area contributed by atoms with Gasteiger partial charge in [0.1, 0.15) is 0 Å². The largest absolute Gasteiger partial charge is 0.385 e. The minimum atomic E-state index is -0.382. The van der Waals surface area contributed by atoms with Gasteiger partial charge in [0, 0.05) is 31.9 Å². The molecular weight excluding hydrogens is 232 g/mol. The second kappa shape index (κ2) is 7.79. The molecule has 0 bridgehead atoms. The molecule has 1 atom stereocenters. The molecule has 0 saturated carbocycles. The van der Waals surface area contributed by atoms with Crippen molar-refractivity contribution in [1.82, 2.24) is 5.32 Å². The topological polar surface area (TPSA) is 64.4 Å². The zero-order valence-electron chi connectivity index (χ0n) is 10.9. The highest BCUT2D eigenvalue weighted by molar-refractivity contribution is 5.33. The van der Waals surface area contributed by atoms with Crippen molar-refractivity contribution < 1.29 is 9.66 Å². The van der Waals surface area contributed by atoms with E-state index in [-0.39, 0.29) is 16.7 Å². The molecule has 0 heterocycles. The van der Waals surface area contributed by atoms with Gasteiger partial charge in [0.15, 0.2) is 0 Å². The Labute approximate surface area is 107 Å². The van der Waals surface area contributed by atoms with E-state index in [4.69, 9.17) is 4.74 Å². The lowest BCUT2D eigenvalue weighted by molar-refractivity contribution is -0.384. The Morgan fingerprint density at radius 3 is 2.56 bits per heavy atom. The number of benzene rings is 1. The van der Waals surface area contributed by atoms with Gasteiger partial charge in [0.2, 0.25) is 0 Å². The number of nitrogens with one attached hydrogen (secondary N) is 1. The van der Waals surface area contributed by atoms with Gasteiger partial charge in [-0.05, 0) is 31.9 Å². The highest BCUT2D eigenvalue weighted by atomic mass is 16.6. The van der Waals surface area contributed by atoms with E-state index in [9.17, 15) is 10.1 Å². The molecule has 0 aliphatic heterocycles. The molecule has 5 nitrogen and oxygen atoms in total. The number of unbranched alkanes of at least 4 members (excludes halogenated alkanes) is 1. The number of nitro groups is 1. The summed E-state index contributed by atoms with van der Waals surface area (Å²) in [5.41, 5.74) is 1.19. The third-order valence-corrected chi connectivity index (χ3v) is 2.83. The predicted molar refractivity (Wildman–Crippen MR) is 70.6 cm³/mol. The molecule has 0 saturated heterocycles. The fourth-order valence-electron chi connectivity index (χ4n) is 1.69. The molecule has 0 amide bonds. The summed E-state index contributed by atoms with van der Waals surface area (Å²) in [5, 5.41) is 13.9. The number of nitro benzene ring substituents is 1. The summed E-state index contributed by atoms with van der Waals surface area (Å²) in [6, 6.07) is 6.88. The van der Waals surface area contributed by atoms with Crippen LogP contribution in [0.2, 0.25) is 0 Å². The summed E-state index contributed by atoms with van der Waals surface area (Å²) in [7, 11) is 1.70. The molecule has 0 fully saturated rings. The third-order valence-electron chi connectivity index (χ3n) is 2.83. The average molecular weight is 252 g/mol. The van der Waals surface area contributed by atoms with Crippen LogP contribution in [0, 0.1) is 10.1 Å². The van der Waals surface area contributed by atoms with Gasteiger partial charge in [-0.1, -0.05) is 12.1 Å². The standard InChI is InChI=1S/C13H20N2O3/c1-11(14-9-3-4-10-18-2)12-5-7-13(8-6-12)15(16)17/h5-8,11,14H,3-4,9-10H2,1-2H3. The van der Waals surface area contributed by atoms with Gasteiger partial charge >= 0.3 is 0 Å². The van der Waals surface area contributed by atoms with Crippen LogP contribution in [0.1, 0.15) is 31.4 Å². The Hall–Kier alpha value is -1.46. The average Bonchev–Trinajstić information content (AvgIpc) is 2.38. The van der Waals surface area contributed by atoms with Crippen molar-refractivity contribution in [2.45, 2.75) is 25.8 Å². The first-order valence-corrected chi connectivity index (χ1v) is 6.12. The Kier molecular flexibility index (Phi) is 6.32. The second-order valence-corrected chi connectivity index (χ2v) is 4.22. The first-order chi connectivity index (χ1) is 8.65. The highest BCUT2D eigenvalue weighted by Crippen LogP contribution is 2.17. The molecule has 0 aliphatic carbocycles. The normalized spacial score (nSPS) is 12.3. The highest BCUT2D eigenvalue weighted by Gasteiger charge is 2.08. The molecule has 1 aromatic carbocycles. The molecule has 1 unspecified atom stereocenters. The Balaban J connectivity index is 2.37. The van der Waals surface area contributed by atoms with Crippen LogP contribution in [0.3, 0.4) is 0 Å². The van der Waals surface area contributed by atoms with Gasteiger partial charge in [-0.15, -0.1) is 0 Å². The van der Waals surface area contributed by atoms with Crippen molar-refractivity contribution in [3.05, 3.63) is 39.9 Å². The molecule has 18 heavy (non-hydrogen) atoms. The van der Waals surface area contributed by atoms with Crippen molar-refractivity contribution in [2.24, 2.45) is 0 Å². The lowest BCUT2D eigenvalue weighted by atomic mass is 10.1. The zero-order chi connectivity index (χ0) is 13.4. The molecule has 0 aromatic heterocycles. The smallest absolute Gasteiger partial charge is 0.269 e. The maximum Gasteiger partial charge on any atom is 0.269 e. The van der Waals surface area contributed by atoms with Gasteiger partial charge in [-0.25, -0.2) is 0 Å². The van der Waals surface area contributed by atoms with E-state index in [0.717, 1.165) is 31.6 Å². The summed E-state index contributed by atoms with van der Waals surface area (Å²) in [6.45, 7) is 3.76. The van der Waals surface area contributed by atoms with Crippen LogP contribution >= 0.6 is 0 Å². The molecule has 100 valence electrons. The number of methoxy groups -OCH3 is 1. The predicted octanol–water partition coefficient (Wildman–Crippen LogP) is 2.67. The maximum absolute atomic E-state index is 10.5. The number of hydrogen-bond acceptors (Lipinski definition) is 4. The molecule has 0 aliphatic rings. The van der Waals surface area contributed by atoms with Gasteiger partial charge in [0.05, 0.1) is 4.92 Å². The summed E-state index contributed by atoms with van der Waals surface area (Å²) < 4.78 is 4.98. The van der Waals surface area contributed by atoms with Gasteiger partial charge in [-0.3, -0.25) is 10.1 Å². The second-order valence-electron chi connectivity index (χ2n) is 4.22. The lowest BCUT2D eigenvalue weighted by Crippen LogP contribution is -2.20. The fraction of sp³-hybridized carbons (Fsp3) is 0.538. The van der Waals surface area contributed by atoms with E-state index >= 15 is 0 Å². The Morgan fingerprint density at radius 2 is 2.00 bits per heavy atom. The quantitative estimate of drug-likeness (QED) is 0.439. The summed E-state index contributed by atoms with van der Waals surface area (Å²) in [4.78, 5) is 10.2. The lowest BCUT2D eigenvalue weighted by Gasteiger charge is -2.13. The Morgan fingerprint density at radius 1 is 1.33 bits per heavy atom.